The van der Waals surface area contributed by atoms with Gasteiger partial charge in [-0.25, -0.2) is 0 Å². The Balaban J connectivity index is 2.18. The first-order chi connectivity index (χ1) is 9.08. The number of hydrogen-bond acceptors (Lipinski definition) is 3. The second kappa shape index (κ2) is 6.06. The molecular weight excluding hydrogens is 242 g/mol. The molecule has 2 rings (SSSR count). The summed E-state index contributed by atoms with van der Waals surface area (Å²) in [5.41, 5.74) is 3.66. The van der Waals surface area contributed by atoms with E-state index in [4.69, 9.17) is 9.84 Å². The van der Waals surface area contributed by atoms with Crippen molar-refractivity contribution in [1.82, 2.24) is 0 Å². The van der Waals surface area contributed by atoms with E-state index < -0.39 is 5.97 Å². The molecule has 1 aliphatic heterocycles. The van der Waals surface area contributed by atoms with Crippen molar-refractivity contribution in [3.05, 3.63) is 29.3 Å². The summed E-state index contributed by atoms with van der Waals surface area (Å²) in [6.07, 6.45) is 0.818. The van der Waals surface area contributed by atoms with Crippen LogP contribution in [0.3, 0.4) is 0 Å². The Hall–Kier alpha value is -1.55. The lowest BCUT2D eigenvalue weighted by molar-refractivity contribution is -0.137. The van der Waals surface area contributed by atoms with Crippen LogP contribution in [0.1, 0.15) is 24.0 Å². The van der Waals surface area contributed by atoms with Crippen LogP contribution in [0, 0.1) is 13.8 Å². The van der Waals surface area contributed by atoms with Crippen molar-refractivity contribution in [2.75, 3.05) is 24.7 Å². The van der Waals surface area contributed by atoms with Gasteiger partial charge < -0.3 is 14.7 Å². The fourth-order valence-electron chi connectivity index (χ4n) is 2.53. The van der Waals surface area contributed by atoms with Gasteiger partial charge in [0.1, 0.15) is 0 Å². The largest absolute Gasteiger partial charge is 0.481 e. The number of carbonyl (C=O) groups is 1. The van der Waals surface area contributed by atoms with Gasteiger partial charge in [0, 0.05) is 18.7 Å². The Morgan fingerprint density at radius 3 is 3.00 bits per heavy atom. The van der Waals surface area contributed by atoms with E-state index in [1.165, 1.54) is 16.8 Å². The topological polar surface area (TPSA) is 49.8 Å². The van der Waals surface area contributed by atoms with E-state index in [2.05, 4.69) is 36.9 Å². The molecule has 4 nitrogen and oxygen atoms in total. The van der Waals surface area contributed by atoms with Crippen molar-refractivity contribution in [2.24, 2.45) is 0 Å². The molecule has 0 aliphatic carbocycles. The monoisotopic (exact) mass is 263 g/mol. The maximum absolute atomic E-state index is 10.7. The van der Waals surface area contributed by atoms with Crippen LogP contribution in [-0.4, -0.2) is 36.9 Å². The van der Waals surface area contributed by atoms with Gasteiger partial charge in [0.05, 0.1) is 19.3 Å². The first-order valence-electron chi connectivity index (χ1n) is 6.71. The molecule has 104 valence electrons. The first kappa shape index (κ1) is 13.9. The molecule has 1 aromatic carbocycles. The van der Waals surface area contributed by atoms with Crippen LogP contribution in [0.5, 0.6) is 0 Å². The van der Waals surface area contributed by atoms with Crippen molar-refractivity contribution in [3.8, 4) is 0 Å². The van der Waals surface area contributed by atoms with Crippen molar-refractivity contribution in [1.29, 1.82) is 0 Å². The molecule has 0 aromatic heterocycles. The summed E-state index contributed by atoms with van der Waals surface area (Å²) in [5, 5.41) is 8.84. The van der Waals surface area contributed by atoms with Crippen LogP contribution in [0.2, 0.25) is 0 Å². The van der Waals surface area contributed by atoms with E-state index in [1.54, 1.807) is 0 Å². The number of carboxylic acids is 1. The third-order valence-electron chi connectivity index (χ3n) is 3.59. The molecule has 4 heteroatoms. The quantitative estimate of drug-likeness (QED) is 0.906. The highest BCUT2D eigenvalue weighted by atomic mass is 16.5. The van der Waals surface area contributed by atoms with E-state index in [0.29, 0.717) is 19.6 Å². The number of carboxylic acid groups (broad SMARTS) is 1. The van der Waals surface area contributed by atoms with Gasteiger partial charge in [-0.2, -0.15) is 0 Å². The lowest BCUT2D eigenvalue weighted by atomic mass is 10.0. The fourth-order valence-corrected chi connectivity index (χ4v) is 2.53. The highest BCUT2D eigenvalue weighted by Gasteiger charge is 2.24. The summed E-state index contributed by atoms with van der Waals surface area (Å²) in [6.45, 7) is 6.32. The summed E-state index contributed by atoms with van der Waals surface area (Å²) < 4.78 is 5.50. The van der Waals surface area contributed by atoms with Gasteiger partial charge >= 0.3 is 5.97 Å². The Bertz CT molecular complexity index is 459. The minimum Gasteiger partial charge on any atom is -0.481 e. The highest BCUT2D eigenvalue weighted by molar-refractivity contribution is 5.67. The number of anilines is 1. The van der Waals surface area contributed by atoms with E-state index in [-0.39, 0.29) is 12.5 Å². The molecule has 1 N–H and O–H groups in total. The molecule has 0 saturated carbocycles. The number of ether oxygens (including phenoxy) is 1. The van der Waals surface area contributed by atoms with E-state index >= 15 is 0 Å². The molecule has 1 atom stereocenters. The maximum Gasteiger partial charge on any atom is 0.303 e. The molecule has 0 spiro atoms. The Morgan fingerprint density at radius 1 is 1.47 bits per heavy atom. The molecule has 0 bridgehead atoms. The molecule has 19 heavy (non-hydrogen) atoms. The number of morpholine rings is 1. The van der Waals surface area contributed by atoms with Gasteiger partial charge in [-0.15, -0.1) is 0 Å². The van der Waals surface area contributed by atoms with Crippen molar-refractivity contribution >= 4 is 11.7 Å². The average Bonchev–Trinajstić information content (AvgIpc) is 2.39. The average molecular weight is 263 g/mol. The number of nitrogens with zero attached hydrogens (tertiary/aromatic N) is 1. The van der Waals surface area contributed by atoms with E-state index in [1.807, 2.05) is 0 Å². The Labute approximate surface area is 114 Å². The van der Waals surface area contributed by atoms with Crippen LogP contribution in [-0.2, 0) is 9.53 Å². The van der Waals surface area contributed by atoms with Crippen molar-refractivity contribution < 1.29 is 14.6 Å². The molecule has 1 unspecified atom stereocenters. The summed E-state index contributed by atoms with van der Waals surface area (Å²) in [7, 11) is 0. The molecular formula is C15H21NO3. The van der Waals surface area contributed by atoms with Crippen molar-refractivity contribution in [2.45, 2.75) is 32.7 Å². The molecule has 0 radical (unpaired) electrons. The zero-order valence-electron chi connectivity index (χ0n) is 11.6. The predicted molar refractivity (Wildman–Crippen MR) is 74.7 cm³/mol. The summed E-state index contributed by atoms with van der Waals surface area (Å²) in [6, 6.07) is 6.55. The van der Waals surface area contributed by atoms with Crippen molar-refractivity contribution in [3.63, 3.8) is 0 Å². The molecule has 1 aromatic rings. The predicted octanol–water partition coefficient (Wildman–Crippen LogP) is 2.37. The van der Waals surface area contributed by atoms with Crippen LogP contribution in [0.15, 0.2) is 18.2 Å². The van der Waals surface area contributed by atoms with Gasteiger partial charge in [0.15, 0.2) is 0 Å². The summed E-state index contributed by atoms with van der Waals surface area (Å²) in [5.74, 6) is -0.744. The van der Waals surface area contributed by atoms with E-state index in [0.717, 1.165) is 6.54 Å². The Kier molecular flexibility index (Phi) is 4.43. The van der Waals surface area contributed by atoms with E-state index in [9.17, 15) is 4.79 Å². The molecule has 1 aliphatic rings. The van der Waals surface area contributed by atoms with Gasteiger partial charge in [0.25, 0.3) is 0 Å². The SMILES string of the molecule is Cc1ccc(C)c(N2CCOCC2CCC(=O)O)c1. The maximum atomic E-state index is 10.7. The second-order valence-electron chi connectivity index (χ2n) is 5.14. The Morgan fingerprint density at radius 2 is 2.26 bits per heavy atom. The normalized spacial score (nSPS) is 19.5. The number of hydrogen-bond donors (Lipinski definition) is 1. The number of rotatable bonds is 4. The highest BCUT2D eigenvalue weighted by Crippen LogP contribution is 2.26. The fraction of sp³-hybridized carbons (Fsp3) is 0.533. The molecule has 1 heterocycles. The number of aliphatic carboxylic acids is 1. The summed E-state index contributed by atoms with van der Waals surface area (Å²) >= 11 is 0. The van der Waals surface area contributed by atoms with Gasteiger partial charge in [-0.1, -0.05) is 12.1 Å². The second-order valence-corrected chi connectivity index (χ2v) is 5.14. The van der Waals surface area contributed by atoms with Crippen LogP contribution in [0.4, 0.5) is 5.69 Å². The molecule has 1 fully saturated rings. The third kappa shape index (κ3) is 3.47. The summed E-state index contributed by atoms with van der Waals surface area (Å²) in [4.78, 5) is 13.0. The molecule has 1 saturated heterocycles. The minimum absolute atomic E-state index is 0.158. The number of benzene rings is 1. The zero-order valence-corrected chi connectivity index (χ0v) is 11.6. The van der Waals surface area contributed by atoms with Gasteiger partial charge in [0.2, 0.25) is 0 Å². The molecule has 0 amide bonds. The smallest absolute Gasteiger partial charge is 0.303 e. The van der Waals surface area contributed by atoms with Gasteiger partial charge in [-0.3, -0.25) is 4.79 Å². The zero-order chi connectivity index (χ0) is 13.8. The lowest BCUT2D eigenvalue weighted by Gasteiger charge is -2.38. The third-order valence-corrected chi connectivity index (χ3v) is 3.59. The van der Waals surface area contributed by atoms with Crippen LogP contribution < -0.4 is 4.90 Å². The number of aryl methyl sites for hydroxylation is 2. The van der Waals surface area contributed by atoms with Crippen LogP contribution >= 0.6 is 0 Å². The first-order valence-corrected chi connectivity index (χ1v) is 6.71. The van der Waals surface area contributed by atoms with Crippen LogP contribution in [0.25, 0.3) is 0 Å². The lowest BCUT2D eigenvalue weighted by Crippen LogP contribution is -2.46. The van der Waals surface area contributed by atoms with Gasteiger partial charge in [-0.05, 0) is 37.5 Å². The standard InChI is InChI=1S/C15H21NO3/c1-11-3-4-12(2)14(9-11)16-7-8-19-10-13(16)5-6-15(17)18/h3-4,9,13H,5-8,10H2,1-2H3,(H,17,18). The minimum atomic E-state index is -0.744.